The topological polar surface area (TPSA) is 97.5 Å². The minimum Gasteiger partial charge on any atom is -0.366 e. The number of primary amides is 1. The van der Waals surface area contributed by atoms with E-state index in [4.69, 9.17) is 5.73 Å². The molecule has 1 amide bonds. The van der Waals surface area contributed by atoms with Crippen LogP contribution in [0.5, 0.6) is 0 Å². The summed E-state index contributed by atoms with van der Waals surface area (Å²) in [6, 6.07) is 12.2. The van der Waals surface area contributed by atoms with Crippen molar-refractivity contribution >= 4 is 21.7 Å². The van der Waals surface area contributed by atoms with Crippen LogP contribution in [0.15, 0.2) is 53.4 Å². The van der Waals surface area contributed by atoms with E-state index in [1.54, 1.807) is 24.3 Å². The van der Waals surface area contributed by atoms with Crippen LogP contribution in [-0.2, 0) is 16.6 Å². The van der Waals surface area contributed by atoms with Gasteiger partial charge in [-0.25, -0.2) is 8.42 Å². The molecular formula is C17H18N2O4S. The Morgan fingerprint density at radius 3 is 1.92 bits per heavy atom. The number of carbonyl (C=O) groups excluding carboxylic acids is 2. The number of rotatable bonds is 6. The molecule has 0 fully saturated rings. The van der Waals surface area contributed by atoms with E-state index in [0.717, 1.165) is 5.56 Å². The minimum absolute atomic E-state index is 0.115. The first-order valence-electron chi connectivity index (χ1n) is 7.18. The smallest absolute Gasteiger partial charge is 0.248 e. The molecule has 7 heteroatoms. The largest absolute Gasteiger partial charge is 0.366 e. The third kappa shape index (κ3) is 3.87. The lowest BCUT2D eigenvalue weighted by atomic mass is 10.1. The summed E-state index contributed by atoms with van der Waals surface area (Å²) in [6.45, 7) is 1.57. The van der Waals surface area contributed by atoms with Crippen LogP contribution in [0.4, 0.5) is 0 Å². The fraction of sp³-hybridized carbons (Fsp3) is 0.176. The monoisotopic (exact) mass is 346 g/mol. The molecule has 0 atom stereocenters. The molecule has 0 radical (unpaired) electrons. The SMILES string of the molecule is CC(=O)c1ccc(S(=O)(=O)N(C)Cc2ccc(C(N)=O)cc2)cc1. The number of nitrogens with zero attached hydrogens (tertiary/aromatic N) is 1. The number of nitrogens with two attached hydrogens (primary N) is 1. The van der Waals surface area contributed by atoms with E-state index in [9.17, 15) is 18.0 Å². The summed E-state index contributed by atoms with van der Waals surface area (Å²) in [5.41, 5.74) is 6.72. The Morgan fingerprint density at radius 1 is 0.958 bits per heavy atom. The molecule has 0 heterocycles. The zero-order valence-corrected chi connectivity index (χ0v) is 14.2. The van der Waals surface area contributed by atoms with Crippen molar-refractivity contribution in [2.45, 2.75) is 18.4 Å². The van der Waals surface area contributed by atoms with Crippen LogP contribution in [0.2, 0.25) is 0 Å². The van der Waals surface area contributed by atoms with Crippen LogP contribution in [0.25, 0.3) is 0 Å². The van der Waals surface area contributed by atoms with Gasteiger partial charge in [0, 0.05) is 24.7 Å². The fourth-order valence-corrected chi connectivity index (χ4v) is 3.32. The molecule has 0 aromatic heterocycles. The van der Waals surface area contributed by atoms with Gasteiger partial charge in [-0.3, -0.25) is 9.59 Å². The Hall–Kier alpha value is -2.51. The standard InChI is InChI=1S/C17H18N2O4S/c1-12(20)14-7-9-16(10-8-14)24(22,23)19(2)11-13-3-5-15(6-4-13)17(18)21/h3-10H,11H2,1-2H3,(H2,18,21). The summed E-state index contributed by atoms with van der Waals surface area (Å²) in [4.78, 5) is 22.4. The van der Waals surface area contributed by atoms with Gasteiger partial charge in [0.1, 0.15) is 0 Å². The van der Waals surface area contributed by atoms with Crippen molar-refractivity contribution in [2.75, 3.05) is 7.05 Å². The molecule has 2 aromatic carbocycles. The van der Waals surface area contributed by atoms with Crippen LogP contribution in [0.1, 0.15) is 33.2 Å². The normalized spacial score (nSPS) is 11.5. The highest BCUT2D eigenvalue weighted by molar-refractivity contribution is 7.89. The summed E-state index contributed by atoms with van der Waals surface area (Å²) in [5, 5.41) is 0. The molecule has 0 saturated carbocycles. The number of ketones is 1. The second-order valence-corrected chi connectivity index (χ2v) is 7.45. The van der Waals surface area contributed by atoms with Crippen molar-refractivity contribution < 1.29 is 18.0 Å². The molecule has 126 valence electrons. The predicted molar refractivity (Wildman–Crippen MR) is 90.1 cm³/mol. The maximum absolute atomic E-state index is 12.6. The first kappa shape index (κ1) is 17.8. The molecule has 24 heavy (non-hydrogen) atoms. The average Bonchev–Trinajstić information content (AvgIpc) is 2.55. The zero-order valence-electron chi connectivity index (χ0n) is 13.4. The van der Waals surface area contributed by atoms with Crippen molar-refractivity contribution in [3.05, 3.63) is 65.2 Å². The van der Waals surface area contributed by atoms with E-state index >= 15 is 0 Å². The van der Waals surface area contributed by atoms with Gasteiger partial charge in [0.15, 0.2) is 5.78 Å². The number of amides is 1. The van der Waals surface area contributed by atoms with Gasteiger partial charge in [-0.2, -0.15) is 4.31 Å². The lowest BCUT2D eigenvalue weighted by Crippen LogP contribution is -2.26. The Morgan fingerprint density at radius 2 is 1.46 bits per heavy atom. The molecular weight excluding hydrogens is 328 g/mol. The Balaban J connectivity index is 2.19. The molecule has 2 aromatic rings. The summed E-state index contributed by atoms with van der Waals surface area (Å²) < 4.78 is 26.3. The van der Waals surface area contributed by atoms with Crippen LogP contribution < -0.4 is 5.73 Å². The molecule has 0 aliphatic rings. The third-order valence-corrected chi connectivity index (χ3v) is 5.43. The van der Waals surface area contributed by atoms with E-state index in [1.807, 2.05) is 0 Å². The van der Waals surface area contributed by atoms with Crippen LogP contribution in [-0.4, -0.2) is 31.5 Å². The first-order valence-corrected chi connectivity index (χ1v) is 8.62. The molecule has 0 aliphatic heterocycles. The van der Waals surface area contributed by atoms with Crippen molar-refractivity contribution in [1.82, 2.24) is 4.31 Å². The van der Waals surface area contributed by atoms with E-state index in [-0.39, 0.29) is 17.2 Å². The Labute approximate surface area is 140 Å². The second-order valence-electron chi connectivity index (χ2n) is 5.40. The van der Waals surface area contributed by atoms with Crippen molar-refractivity contribution in [3.63, 3.8) is 0 Å². The van der Waals surface area contributed by atoms with E-state index < -0.39 is 15.9 Å². The number of hydrogen-bond donors (Lipinski definition) is 1. The van der Waals surface area contributed by atoms with Crippen molar-refractivity contribution in [3.8, 4) is 0 Å². The van der Waals surface area contributed by atoms with Gasteiger partial charge in [-0.15, -0.1) is 0 Å². The van der Waals surface area contributed by atoms with Gasteiger partial charge in [0.2, 0.25) is 15.9 Å². The molecule has 0 aliphatic carbocycles. The molecule has 2 rings (SSSR count). The van der Waals surface area contributed by atoms with Gasteiger partial charge in [-0.1, -0.05) is 24.3 Å². The number of benzene rings is 2. The number of Topliss-reactive ketones (excluding diaryl/α,β-unsaturated/α-hetero) is 1. The summed E-state index contributed by atoms with van der Waals surface area (Å²) in [5.74, 6) is -0.657. The maximum atomic E-state index is 12.6. The fourth-order valence-electron chi connectivity index (χ4n) is 2.16. The molecule has 0 saturated heterocycles. The Bertz CT molecular complexity index is 856. The van der Waals surface area contributed by atoms with Gasteiger partial charge < -0.3 is 5.73 Å². The molecule has 0 unspecified atom stereocenters. The first-order chi connectivity index (χ1) is 11.2. The van der Waals surface area contributed by atoms with E-state index in [0.29, 0.717) is 11.1 Å². The van der Waals surface area contributed by atoms with Crippen molar-refractivity contribution in [1.29, 1.82) is 0 Å². The quantitative estimate of drug-likeness (QED) is 0.807. The average molecular weight is 346 g/mol. The highest BCUT2D eigenvalue weighted by atomic mass is 32.2. The van der Waals surface area contributed by atoms with Gasteiger partial charge in [0.25, 0.3) is 0 Å². The molecule has 0 spiro atoms. The van der Waals surface area contributed by atoms with E-state index in [2.05, 4.69) is 0 Å². The van der Waals surface area contributed by atoms with Gasteiger partial charge >= 0.3 is 0 Å². The third-order valence-electron chi connectivity index (χ3n) is 3.61. The van der Waals surface area contributed by atoms with Crippen LogP contribution in [0.3, 0.4) is 0 Å². The molecule has 2 N–H and O–H groups in total. The summed E-state index contributed by atoms with van der Waals surface area (Å²) in [7, 11) is -2.21. The summed E-state index contributed by atoms with van der Waals surface area (Å²) >= 11 is 0. The lowest BCUT2D eigenvalue weighted by molar-refractivity contribution is 0.0996. The number of sulfonamides is 1. The highest BCUT2D eigenvalue weighted by Gasteiger charge is 2.21. The highest BCUT2D eigenvalue weighted by Crippen LogP contribution is 2.18. The van der Waals surface area contributed by atoms with Crippen molar-refractivity contribution in [2.24, 2.45) is 5.73 Å². The Kier molecular flexibility index (Phi) is 5.16. The lowest BCUT2D eigenvalue weighted by Gasteiger charge is -2.17. The van der Waals surface area contributed by atoms with E-state index in [1.165, 1.54) is 42.5 Å². The van der Waals surface area contributed by atoms with Crippen LogP contribution >= 0.6 is 0 Å². The summed E-state index contributed by atoms with van der Waals surface area (Å²) in [6.07, 6.45) is 0. The number of carbonyl (C=O) groups is 2. The molecule has 0 bridgehead atoms. The second kappa shape index (κ2) is 6.94. The van der Waals surface area contributed by atoms with Crippen LogP contribution in [0, 0.1) is 0 Å². The van der Waals surface area contributed by atoms with Gasteiger partial charge in [0.05, 0.1) is 4.90 Å². The minimum atomic E-state index is -3.68. The molecule has 6 nitrogen and oxygen atoms in total. The van der Waals surface area contributed by atoms with Gasteiger partial charge in [-0.05, 0) is 36.8 Å². The maximum Gasteiger partial charge on any atom is 0.248 e. The predicted octanol–water partition coefficient (Wildman–Crippen LogP) is 1.81. The zero-order chi connectivity index (χ0) is 17.9. The number of hydrogen-bond acceptors (Lipinski definition) is 4.